The van der Waals surface area contributed by atoms with Crippen LogP contribution in [0.4, 0.5) is 0 Å². The number of benzene rings is 6. The van der Waals surface area contributed by atoms with Crippen molar-refractivity contribution >= 4 is 71.1 Å². The van der Waals surface area contributed by atoms with Crippen molar-refractivity contribution < 1.29 is 24.5 Å². The molecule has 1 radical (unpaired) electrons. The van der Waals surface area contributed by atoms with Crippen LogP contribution in [-0.4, -0.2) is 14.0 Å². The van der Waals surface area contributed by atoms with Crippen LogP contribution in [-0.2, 0) is 20.1 Å². The van der Waals surface area contributed by atoms with E-state index >= 15 is 0 Å². The molecule has 0 amide bonds. The fourth-order valence-electron chi connectivity index (χ4n) is 6.98. The third kappa shape index (κ3) is 3.39. The van der Waals surface area contributed by atoms with Gasteiger partial charge in [0, 0.05) is 64.6 Å². The maximum atomic E-state index is 6.13. The van der Waals surface area contributed by atoms with Gasteiger partial charge in [0.05, 0.1) is 22.4 Å². The molecule has 0 unspecified atom stereocenters. The maximum Gasteiger partial charge on any atom is 0.135 e. The smallest absolute Gasteiger partial charge is 0.135 e. The molecule has 0 bridgehead atoms. The third-order valence-corrected chi connectivity index (χ3v) is 8.86. The summed E-state index contributed by atoms with van der Waals surface area (Å²) < 4.78 is 10.8. The zero-order chi connectivity index (χ0) is 28.1. The van der Waals surface area contributed by atoms with Gasteiger partial charge in [-0.3, -0.25) is 4.98 Å². The van der Waals surface area contributed by atoms with Gasteiger partial charge in [-0.05, 0) is 53.9 Å². The van der Waals surface area contributed by atoms with E-state index in [-0.39, 0.29) is 20.1 Å². The Hall–Kier alpha value is -5.22. The predicted octanol–water partition coefficient (Wildman–Crippen LogP) is 10.1. The normalized spacial score (nSPS) is 11.9. The fraction of sp³-hybridized carbons (Fsp3) is 0. The van der Waals surface area contributed by atoms with Gasteiger partial charge in [-0.25, -0.2) is 0 Å². The van der Waals surface area contributed by atoms with E-state index in [9.17, 15) is 0 Å². The number of rotatable bonds is 2. The van der Waals surface area contributed by atoms with Crippen LogP contribution in [0.5, 0.6) is 0 Å². The van der Waals surface area contributed by atoms with Gasteiger partial charge in [0.1, 0.15) is 11.2 Å². The van der Waals surface area contributed by atoms with Gasteiger partial charge in [0.15, 0.2) is 0 Å². The van der Waals surface area contributed by atoms with Crippen molar-refractivity contribution in [3.63, 3.8) is 0 Å². The topological polar surface area (TPSA) is 35.4 Å². The van der Waals surface area contributed by atoms with Crippen LogP contribution in [0.15, 0.2) is 138 Å². The Morgan fingerprint density at radius 1 is 0.568 bits per heavy atom. The molecule has 0 spiro atoms. The third-order valence-electron chi connectivity index (χ3n) is 8.86. The van der Waals surface area contributed by atoms with Gasteiger partial charge in [0.25, 0.3) is 0 Å². The second-order valence-corrected chi connectivity index (χ2v) is 11.1. The van der Waals surface area contributed by atoms with Crippen molar-refractivity contribution in [2.75, 3.05) is 0 Å². The monoisotopic (exact) mass is 741 g/mol. The van der Waals surface area contributed by atoms with Crippen LogP contribution in [0.25, 0.3) is 88.0 Å². The average molecular weight is 741 g/mol. The molecule has 4 heterocycles. The summed E-state index contributed by atoms with van der Waals surface area (Å²) in [5.41, 5.74) is 9.51. The van der Waals surface area contributed by atoms with E-state index in [4.69, 9.17) is 9.40 Å². The largest absolute Gasteiger partial charge is 0.456 e. The summed E-state index contributed by atoms with van der Waals surface area (Å²) in [6.45, 7) is 0. The minimum absolute atomic E-state index is 0. The first-order valence-corrected chi connectivity index (χ1v) is 14.5. The van der Waals surface area contributed by atoms with Crippen LogP contribution in [0, 0.1) is 6.07 Å². The van der Waals surface area contributed by atoms with Crippen molar-refractivity contribution in [3.8, 4) is 16.9 Å². The van der Waals surface area contributed by atoms with Gasteiger partial charge < -0.3 is 13.4 Å². The second kappa shape index (κ2) is 9.39. The molecule has 0 aliphatic rings. The Kier molecular flexibility index (Phi) is 5.40. The molecule has 0 aliphatic heterocycles. The van der Waals surface area contributed by atoms with Crippen molar-refractivity contribution in [1.29, 1.82) is 0 Å². The molecule has 10 rings (SSSR count). The molecule has 0 saturated heterocycles. The standard InChI is InChI=1S/C39H22N3O.Ir/c1-2-13-30-26(9-1)27-10-3-7-15-34(27)42-36(23-40-39(30)42)24-17-19-35-31(21-24)28-11-4-6-14-33(28)41(35)25-18-20-38-32(22-25)29-12-5-8-16-37(29)43-38;/h1-12,14-23H;/q-1;. The summed E-state index contributed by atoms with van der Waals surface area (Å²) in [6.07, 6.45) is 2.00. The molecule has 0 atom stereocenters. The number of aromatic nitrogens is 3. The molecular formula is C39H22IrN3O-. The molecule has 4 aromatic heterocycles. The zero-order valence-corrected chi connectivity index (χ0v) is 25.7. The predicted molar refractivity (Wildman–Crippen MR) is 176 cm³/mol. The summed E-state index contributed by atoms with van der Waals surface area (Å²) in [6, 6.07) is 48.4. The van der Waals surface area contributed by atoms with Crippen LogP contribution in [0.3, 0.4) is 0 Å². The molecule has 10 aromatic rings. The van der Waals surface area contributed by atoms with Crippen molar-refractivity contribution in [2.24, 2.45) is 0 Å². The molecule has 0 saturated carbocycles. The number of fused-ring (bicyclic) bond motifs is 12. The van der Waals surface area contributed by atoms with Crippen LogP contribution >= 0.6 is 0 Å². The summed E-state index contributed by atoms with van der Waals surface area (Å²) >= 11 is 0. The molecule has 4 nitrogen and oxygen atoms in total. The average Bonchev–Trinajstić information content (AvgIpc) is 3.77. The molecular weight excluding hydrogens is 719 g/mol. The summed E-state index contributed by atoms with van der Waals surface area (Å²) in [4.78, 5) is 4.93. The van der Waals surface area contributed by atoms with Gasteiger partial charge in [-0.15, -0.1) is 29.7 Å². The molecule has 5 heteroatoms. The van der Waals surface area contributed by atoms with Crippen molar-refractivity contribution in [2.45, 2.75) is 0 Å². The van der Waals surface area contributed by atoms with E-state index in [2.05, 4.69) is 118 Å². The van der Waals surface area contributed by atoms with Crippen molar-refractivity contribution in [1.82, 2.24) is 14.0 Å². The van der Waals surface area contributed by atoms with Crippen LogP contribution in [0.2, 0.25) is 0 Å². The van der Waals surface area contributed by atoms with E-state index < -0.39 is 0 Å². The number of furan rings is 1. The first-order chi connectivity index (χ1) is 21.3. The summed E-state index contributed by atoms with van der Waals surface area (Å²) in [5.74, 6) is 0. The molecule has 44 heavy (non-hydrogen) atoms. The van der Waals surface area contributed by atoms with E-state index in [0.29, 0.717) is 0 Å². The Bertz CT molecular complexity index is 2750. The van der Waals surface area contributed by atoms with E-state index in [1.807, 2.05) is 30.5 Å². The number of pyridine rings is 1. The van der Waals surface area contributed by atoms with Crippen LogP contribution in [0.1, 0.15) is 0 Å². The summed E-state index contributed by atoms with van der Waals surface area (Å²) in [5, 5.41) is 8.08. The SMILES string of the molecule is [Ir].[c-]1cccc2c1c1ncc(-c3ccc4c(c3)c3ccccc3n4-c3ccc4oc5ccccc5c4c3)n1c1ccccc21. The molecule has 0 aliphatic carbocycles. The van der Waals surface area contributed by atoms with Gasteiger partial charge in [0.2, 0.25) is 0 Å². The van der Waals surface area contributed by atoms with E-state index in [1.54, 1.807) is 0 Å². The second-order valence-electron chi connectivity index (χ2n) is 11.1. The number of hydrogen-bond acceptors (Lipinski definition) is 2. The van der Waals surface area contributed by atoms with E-state index in [0.717, 1.165) is 61.0 Å². The molecule has 6 aromatic carbocycles. The zero-order valence-electron chi connectivity index (χ0n) is 23.3. The number of para-hydroxylation sites is 3. The molecule has 0 fully saturated rings. The van der Waals surface area contributed by atoms with Gasteiger partial charge in [-0.1, -0.05) is 66.0 Å². The van der Waals surface area contributed by atoms with Crippen LogP contribution < -0.4 is 0 Å². The fourth-order valence-corrected chi connectivity index (χ4v) is 6.98. The first kappa shape index (κ1) is 25.3. The van der Waals surface area contributed by atoms with Gasteiger partial charge >= 0.3 is 0 Å². The van der Waals surface area contributed by atoms with Gasteiger partial charge in [-0.2, -0.15) is 0 Å². The minimum Gasteiger partial charge on any atom is -0.456 e. The quantitative estimate of drug-likeness (QED) is 0.131. The molecule has 209 valence electrons. The maximum absolute atomic E-state index is 6.13. The van der Waals surface area contributed by atoms with Crippen molar-refractivity contribution in [3.05, 3.63) is 140 Å². The number of imidazole rings is 1. The number of hydrogen-bond donors (Lipinski definition) is 0. The Labute approximate surface area is 265 Å². The first-order valence-electron chi connectivity index (χ1n) is 14.5. The molecule has 0 N–H and O–H groups in total. The summed E-state index contributed by atoms with van der Waals surface area (Å²) in [7, 11) is 0. The Balaban J connectivity index is 0.00000270. The Morgan fingerprint density at radius 3 is 2.16 bits per heavy atom. The Morgan fingerprint density at radius 2 is 1.27 bits per heavy atom. The van der Waals surface area contributed by atoms with E-state index in [1.165, 1.54) is 27.1 Å². The minimum atomic E-state index is 0. The number of nitrogens with zero attached hydrogens (tertiary/aromatic N) is 3.